The molecule has 0 aliphatic carbocycles. The van der Waals surface area contributed by atoms with E-state index in [0.29, 0.717) is 6.61 Å². The van der Waals surface area contributed by atoms with Crippen molar-refractivity contribution in [1.82, 2.24) is 0 Å². The van der Waals surface area contributed by atoms with Crippen LogP contribution >= 0.6 is 0 Å². The predicted molar refractivity (Wildman–Crippen MR) is 41.0 cm³/mol. The number of fused-ring (bicyclic) bond motifs is 1. The van der Waals surface area contributed by atoms with Crippen LogP contribution in [0.15, 0.2) is 30.3 Å². The summed E-state index contributed by atoms with van der Waals surface area (Å²) in [6.45, 7) is 0.705. The summed E-state index contributed by atoms with van der Waals surface area (Å²) in [5.74, 6) is 0.991. The molecule has 0 N–H and O–H groups in total. The minimum atomic E-state index is 0. The van der Waals surface area contributed by atoms with Crippen LogP contribution in [-0.4, -0.2) is 6.61 Å². The first kappa shape index (κ1) is 12.0. The summed E-state index contributed by atoms with van der Waals surface area (Å²) in [6, 6.07) is 8.03. The molecular formula is C9H8CuOW. The van der Waals surface area contributed by atoms with E-state index in [2.05, 4.69) is 6.08 Å². The summed E-state index contributed by atoms with van der Waals surface area (Å²) in [7, 11) is 0. The molecule has 1 heterocycles. The molecule has 0 aromatic heterocycles. The third-order valence-electron chi connectivity index (χ3n) is 1.55. The Bertz CT molecular complexity index is 273. The predicted octanol–water partition coefficient (Wildman–Crippen LogP) is 2.09. The molecular weight excluding hydrogens is 371 g/mol. The number of ether oxygens (including phenoxy) is 1. The second-order valence-corrected chi connectivity index (χ2v) is 2.25. The normalized spacial score (nSPS) is 11.7. The van der Waals surface area contributed by atoms with E-state index in [0.717, 1.165) is 5.75 Å². The zero-order chi connectivity index (χ0) is 6.81. The van der Waals surface area contributed by atoms with E-state index >= 15 is 0 Å². The summed E-state index contributed by atoms with van der Waals surface area (Å²) in [5.41, 5.74) is 1.17. The van der Waals surface area contributed by atoms with Crippen molar-refractivity contribution in [3.05, 3.63) is 35.9 Å². The van der Waals surface area contributed by atoms with Gasteiger partial charge >= 0.3 is 0 Å². The van der Waals surface area contributed by atoms with Crippen LogP contribution in [0.2, 0.25) is 0 Å². The van der Waals surface area contributed by atoms with Crippen LogP contribution in [-0.2, 0) is 38.1 Å². The van der Waals surface area contributed by atoms with Gasteiger partial charge < -0.3 is 4.74 Å². The largest absolute Gasteiger partial charge is 0.489 e. The Balaban J connectivity index is 0.000000605. The van der Waals surface area contributed by atoms with E-state index in [1.807, 2.05) is 30.3 Å². The van der Waals surface area contributed by atoms with Gasteiger partial charge in [-0.05, 0) is 12.1 Å². The molecule has 1 nitrogen and oxygen atoms in total. The molecule has 12 heavy (non-hydrogen) atoms. The van der Waals surface area contributed by atoms with Gasteiger partial charge in [0.25, 0.3) is 0 Å². The topological polar surface area (TPSA) is 9.23 Å². The molecule has 0 spiro atoms. The number of hydrogen-bond donors (Lipinski definition) is 0. The summed E-state index contributed by atoms with van der Waals surface area (Å²) in [5, 5.41) is 0. The molecule has 1 aliphatic rings. The smallest absolute Gasteiger partial charge is 0.126 e. The van der Waals surface area contributed by atoms with Gasteiger partial charge in [0.1, 0.15) is 12.4 Å². The van der Waals surface area contributed by atoms with E-state index in [1.165, 1.54) is 5.56 Å². The maximum absolute atomic E-state index is 5.34. The molecule has 0 amide bonds. The summed E-state index contributed by atoms with van der Waals surface area (Å²) in [6.07, 6.45) is 4.10. The van der Waals surface area contributed by atoms with Gasteiger partial charge in [0.15, 0.2) is 0 Å². The fourth-order valence-electron chi connectivity index (χ4n) is 1.06. The Morgan fingerprint density at radius 2 is 1.92 bits per heavy atom. The van der Waals surface area contributed by atoms with E-state index < -0.39 is 0 Å². The quantitative estimate of drug-likeness (QED) is 0.627. The van der Waals surface area contributed by atoms with Gasteiger partial charge in [-0.25, -0.2) is 0 Å². The molecule has 1 radical (unpaired) electrons. The number of rotatable bonds is 0. The molecule has 67 valence electrons. The average molecular weight is 380 g/mol. The molecule has 0 saturated heterocycles. The van der Waals surface area contributed by atoms with Gasteiger partial charge in [0.05, 0.1) is 0 Å². The fourth-order valence-corrected chi connectivity index (χ4v) is 1.06. The van der Waals surface area contributed by atoms with Crippen molar-refractivity contribution in [2.24, 2.45) is 0 Å². The van der Waals surface area contributed by atoms with Gasteiger partial charge in [-0.1, -0.05) is 24.3 Å². The summed E-state index contributed by atoms with van der Waals surface area (Å²) in [4.78, 5) is 0. The summed E-state index contributed by atoms with van der Waals surface area (Å²) < 4.78 is 5.34. The first-order chi connectivity index (χ1) is 4.97. The van der Waals surface area contributed by atoms with Crippen molar-refractivity contribution in [2.45, 2.75) is 0 Å². The van der Waals surface area contributed by atoms with Crippen molar-refractivity contribution >= 4 is 6.08 Å². The number of hydrogen-bond acceptors (Lipinski definition) is 1. The third-order valence-corrected chi connectivity index (χ3v) is 1.55. The Morgan fingerprint density at radius 1 is 1.17 bits per heavy atom. The Kier molecular flexibility index (Phi) is 5.57. The SMILES string of the molecule is C1=Cc2ccccc2OC1.[Cu].[W]. The van der Waals surface area contributed by atoms with Crippen molar-refractivity contribution in [3.63, 3.8) is 0 Å². The van der Waals surface area contributed by atoms with Crippen molar-refractivity contribution in [1.29, 1.82) is 0 Å². The van der Waals surface area contributed by atoms with Crippen LogP contribution in [0.3, 0.4) is 0 Å². The Labute approximate surface area is 96.9 Å². The molecule has 0 saturated carbocycles. The molecule has 1 aliphatic heterocycles. The van der Waals surface area contributed by atoms with Crippen LogP contribution in [0.1, 0.15) is 5.56 Å². The van der Waals surface area contributed by atoms with Gasteiger partial charge in [-0.3, -0.25) is 0 Å². The average Bonchev–Trinajstić information content (AvgIpc) is 2.05. The van der Waals surface area contributed by atoms with E-state index in [4.69, 9.17) is 4.74 Å². The second kappa shape index (κ2) is 5.59. The summed E-state index contributed by atoms with van der Waals surface area (Å²) >= 11 is 0. The minimum absolute atomic E-state index is 0. The molecule has 2 rings (SSSR count). The molecule has 0 fully saturated rings. The van der Waals surface area contributed by atoms with Crippen molar-refractivity contribution < 1.29 is 42.9 Å². The van der Waals surface area contributed by atoms with Gasteiger partial charge in [0.2, 0.25) is 0 Å². The molecule has 1 aromatic carbocycles. The van der Waals surface area contributed by atoms with E-state index in [-0.39, 0.29) is 38.1 Å². The third kappa shape index (κ3) is 2.48. The first-order valence-corrected chi connectivity index (χ1v) is 3.35. The van der Waals surface area contributed by atoms with E-state index in [9.17, 15) is 0 Å². The molecule has 3 heteroatoms. The Morgan fingerprint density at radius 3 is 2.67 bits per heavy atom. The first-order valence-electron chi connectivity index (χ1n) is 3.35. The van der Waals surface area contributed by atoms with Crippen LogP contribution in [0.4, 0.5) is 0 Å². The van der Waals surface area contributed by atoms with E-state index in [1.54, 1.807) is 0 Å². The maximum Gasteiger partial charge on any atom is 0.126 e. The van der Waals surface area contributed by atoms with Gasteiger partial charge in [-0.15, -0.1) is 0 Å². The van der Waals surface area contributed by atoms with Crippen LogP contribution in [0.5, 0.6) is 5.75 Å². The van der Waals surface area contributed by atoms with Crippen LogP contribution in [0, 0.1) is 0 Å². The standard InChI is InChI=1S/C9H8O.Cu.W/c1-2-6-9-8(4-1)5-3-7-10-9;;/h1-6H,7H2;;. The Hall–Kier alpha value is -0.0322. The van der Waals surface area contributed by atoms with Crippen molar-refractivity contribution in [3.8, 4) is 5.75 Å². The maximum atomic E-state index is 5.34. The fraction of sp³-hybridized carbons (Fsp3) is 0.111. The van der Waals surface area contributed by atoms with Crippen LogP contribution < -0.4 is 4.74 Å². The monoisotopic (exact) mass is 379 g/mol. The van der Waals surface area contributed by atoms with Gasteiger partial charge in [0, 0.05) is 43.7 Å². The van der Waals surface area contributed by atoms with Gasteiger partial charge in [-0.2, -0.15) is 0 Å². The zero-order valence-electron chi connectivity index (χ0n) is 6.29. The molecule has 0 unspecified atom stereocenters. The molecule has 0 bridgehead atoms. The van der Waals surface area contributed by atoms with Crippen molar-refractivity contribution in [2.75, 3.05) is 6.61 Å². The molecule has 1 aromatic rings. The minimum Gasteiger partial charge on any atom is -0.489 e. The number of para-hydroxylation sites is 1. The van der Waals surface area contributed by atoms with Crippen LogP contribution in [0.25, 0.3) is 6.08 Å². The second-order valence-electron chi connectivity index (χ2n) is 2.25. The zero-order valence-corrected chi connectivity index (χ0v) is 10.2. The molecule has 0 atom stereocenters. The number of benzene rings is 1.